The van der Waals surface area contributed by atoms with Crippen molar-refractivity contribution >= 4 is 11.8 Å². The number of carbonyl (C=O) groups is 1. The largest absolute Gasteiger partial charge is 0.433 e. The second-order valence-corrected chi connectivity index (χ2v) is 5.21. The van der Waals surface area contributed by atoms with Crippen LogP contribution in [-0.2, 0) is 0 Å². The molecule has 1 aliphatic rings. The van der Waals surface area contributed by atoms with Gasteiger partial charge in [0.15, 0.2) is 5.76 Å². The fourth-order valence-electron chi connectivity index (χ4n) is 2.43. The molecule has 0 radical (unpaired) electrons. The van der Waals surface area contributed by atoms with Crippen LogP contribution in [0.25, 0.3) is 0 Å². The number of likely N-dealkylation sites (tertiary alicyclic amines) is 1. The van der Waals surface area contributed by atoms with Gasteiger partial charge in [-0.05, 0) is 32.8 Å². The number of carbonyl (C=O) groups excluding carboxylic acids is 1. The second-order valence-electron chi connectivity index (χ2n) is 5.21. The molecule has 1 saturated heterocycles. The van der Waals surface area contributed by atoms with Gasteiger partial charge in [0.1, 0.15) is 4.92 Å². The van der Waals surface area contributed by atoms with Crippen LogP contribution in [0.2, 0.25) is 0 Å². The maximum absolute atomic E-state index is 12.2. The van der Waals surface area contributed by atoms with E-state index in [1.165, 1.54) is 11.0 Å². The van der Waals surface area contributed by atoms with Gasteiger partial charge in [-0.1, -0.05) is 0 Å². The first-order chi connectivity index (χ1) is 8.80. The Kier molecular flexibility index (Phi) is 3.32. The Hall–Kier alpha value is -1.89. The van der Waals surface area contributed by atoms with Crippen molar-refractivity contribution in [2.45, 2.75) is 38.3 Å². The van der Waals surface area contributed by atoms with Crippen LogP contribution in [0.5, 0.6) is 0 Å². The smallest absolute Gasteiger partial charge is 0.395 e. The van der Waals surface area contributed by atoms with E-state index in [-0.39, 0.29) is 11.8 Å². The average Bonchev–Trinajstić information content (AvgIpc) is 2.96. The maximum Gasteiger partial charge on any atom is 0.433 e. The summed E-state index contributed by atoms with van der Waals surface area (Å²) in [7, 11) is 0. The Morgan fingerprint density at radius 1 is 1.58 bits per heavy atom. The summed E-state index contributed by atoms with van der Waals surface area (Å²) in [5.74, 6) is -0.942. The van der Waals surface area contributed by atoms with Crippen molar-refractivity contribution in [1.29, 1.82) is 0 Å². The fourth-order valence-corrected chi connectivity index (χ4v) is 2.43. The Bertz CT molecular complexity index is 502. The fraction of sp³-hybridized carbons (Fsp3) is 0.583. The van der Waals surface area contributed by atoms with E-state index in [0.29, 0.717) is 13.0 Å². The SMILES string of the molecule is CC(C)(O)C1CCCN1C(=O)c1ccc([N+](=O)[O-])o1. The van der Waals surface area contributed by atoms with Gasteiger partial charge in [0.25, 0.3) is 5.91 Å². The van der Waals surface area contributed by atoms with Gasteiger partial charge in [0.2, 0.25) is 0 Å². The summed E-state index contributed by atoms with van der Waals surface area (Å²) in [5, 5.41) is 20.6. The number of nitrogens with zero attached hydrogens (tertiary/aromatic N) is 2. The molecule has 104 valence electrons. The van der Waals surface area contributed by atoms with Gasteiger partial charge in [-0.25, -0.2) is 0 Å². The third kappa shape index (κ3) is 2.60. The molecule has 0 spiro atoms. The van der Waals surface area contributed by atoms with E-state index in [2.05, 4.69) is 0 Å². The lowest BCUT2D eigenvalue weighted by Crippen LogP contribution is -2.48. The molecule has 1 fully saturated rings. The number of rotatable bonds is 3. The predicted molar refractivity (Wildman–Crippen MR) is 65.7 cm³/mol. The molecule has 1 amide bonds. The van der Waals surface area contributed by atoms with Crippen LogP contribution >= 0.6 is 0 Å². The van der Waals surface area contributed by atoms with E-state index >= 15 is 0 Å². The molecule has 7 nitrogen and oxygen atoms in total. The summed E-state index contributed by atoms with van der Waals surface area (Å²) in [6, 6.07) is 2.15. The number of nitro groups is 1. The van der Waals surface area contributed by atoms with Crippen molar-refractivity contribution in [2.75, 3.05) is 6.54 Å². The third-order valence-electron chi connectivity index (χ3n) is 3.31. The topological polar surface area (TPSA) is 96.8 Å². The summed E-state index contributed by atoms with van der Waals surface area (Å²) < 4.78 is 4.91. The summed E-state index contributed by atoms with van der Waals surface area (Å²) in [6.07, 6.45) is 1.50. The highest BCUT2D eigenvalue weighted by atomic mass is 16.6. The van der Waals surface area contributed by atoms with E-state index in [1.807, 2.05) is 0 Å². The highest BCUT2D eigenvalue weighted by Crippen LogP contribution is 2.29. The summed E-state index contributed by atoms with van der Waals surface area (Å²) in [6.45, 7) is 3.81. The highest BCUT2D eigenvalue weighted by Gasteiger charge is 2.39. The molecular weight excluding hydrogens is 252 g/mol. The molecule has 1 unspecified atom stereocenters. The van der Waals surface area contributed by atoms with Crippen LogP contribution in [-0.4, -0.2) is 39.0 Å². The molecule has 2 rings (SSSR count). The number of aliphatic hydroxyl groups is 1. The summed E-state index contributed by atoms with van der Waals surface area (Å²) in [5.41, 5.74) is -1.01. The van der Waals surface area contributed by atoms with Crippen molar-refractivity contribution in [1.82, 2.24) is 4.90 Å². The molecule has 1 atom stereocenters. The zero-order valence-electron chi connectivity index (χ0n) is 10.8. The lowest BCUT2D eigenvalue weighted by Gasteiger charge is -2.33. The molecular formula is C12H16N2O5. The number of furan rings is 1. The van der Waals surface area contributed by atoms with Crippen molar-refractivity contribution in [3.63, 3.8) is 0 Å². The molecule has 1 N–H and O–H groups in total. The van der Waals surface area contributed by atoms with Gasteiger partial charge < -0.3 is 14.4 Å². The third-order valence-corrected chi connectivity index (χ3v) is 3.31. The minimum atomic E-state index is -1.01. The molecule has 0 bridgehead atoms. The van der Waals surface area contributed by atoms with E-state index in [1.54, 1.807) is 13.8 Å². The number of hydrogen-bond acceptors (Lipinski definition) is 5. The molecule has 0 aliphatic carbocycles. The van der Waals surface area contributed by atoms with Gasteiger partial charge in [0.05, 0.1) is 17.7 Å². The van der Waals surface area contributed by atoms with Gasteiger partial charge in [0, 0.05) is 6.54 Å². The Morgan fingerprint density at radius 2 is 2.26 bits per heavy atom. The molecule has 1 aromatic rings. The van der Waals surface area contributed by atoms with Gasteiger partial charge in [-0.15, -0.1) is 0 Å². The van der Waals surface area contributed by atoms with Crippen molar-refractivity contribution in [3.8, 4) is 0 Å². The van der Waals surface area contributed by atoms with Crippen molar-refractivity contribution < 1.29 is 19.2 Å². The van der Waals surface area contributed by atoms with Crippen LogP contribution < -0.4 is 0 Å². The molecule has 19 heavy (non-hydrogen) atoms. The standard InChI is InChI=1S/C12H16N2O5/c1-12(2,16)9-4-3-7-13(9)11(15)8-5-6-10(19-8)14(17)18/h5-6,9,16H,3-4,7H2,1-2H3. The summed E-state index contributed by atoms with van der Waals surface area (Å²) >= 11 is 0. The van der Waals surface area contributed by atoms with E-state index in [0.717, 1.165) is 12.5 Å². The first kappa shape index (κ1) is 13.5. The van der Waals surface area contributed by atoms with Crippen molar-refractivity contribution in [3.05, 3.63) is 28.0 Å². The maximum atomic E-state index is 12.2. The van der Waals surface area contributed by atoms with Crippen LogP contribution in [0.4, 0.5) is 5.88 Å². The number of hydrogen-bond donors (Lipinski definition) is 1. The molecule has 7 heteroatoms. The van der Waals surface area contributed by atoms with E-state index in [9.17, 15) is 20.0 Å². The summed E-state index contributed by atoms with van der Waals surface area (Å²) in [4.78, 5) is 23.6. The first-order valence-corrected chi connectivity index (χ1v) is 6.08. The minimum Gasteiger partial charge on any atom is -0.395 e. The normalized spacial score (nSPS) is 19.7. The highest BCUT2D eigenvalue weighted by molar-refractivity contribution is 5.92. The first-order valence-electron chi connectivity index (χ1n) is 6.08. The molecule has 0 aromatic carbocycles. The second kappa shape index (κ2) is 4.65. The Labute approximate surface area is 110 Å². The lowest BCUT2D eigenvalue weighted by molar-refractivity contribution is -0.402. The minimum absolute atomic E-state index is 0.0668. The molecule has 0 saturated carbocycles. The van der Waals surface area contributed by atoms with Crippen LogP contribution in [0.1, 0.15) is 37.2 Å². The average molecular weight is 268 g/mol. The lowest BCUT2D eigenvalue weighted by atomic mass is 9.96. The van der Waals surface area contributed by atoms with Crippen LogP contribution in [0, 0.1) is 10.1 Å². The molecule has 1 aliphatic heterocycles. The van der Waals surface area contributed by atoms with Crippen molar-refractivity contribution in [2.24, 2.45) is 0 Å². The Balaban J connectivity index is 2.21. The van der Waals surface area contributed by atoms with Crippen LogP contribution in [0.15, 0.2) is 16.5 Å². The van der Waals surface area contributed by atoms with Crippen LogP contribution in [0.3, 0.4) is 0 Å². The zero-order valence-corrected chi connectivity index (χ0v) is 10.8. The van der Waals surface area contributed by atoms with E-state index < -0.39 is 22.3 Å². The van der Waals surface area contributed by atoms with E-state index in [4.69, 9.17) is 4.42 Å². The Morgan fingerprint density at radius 3 is 2.79 bits per heavy atom. The molecule has 1 aromatic heterocycles. The predicted octanol–water partition coefficient (Wildman–Crippen LogP) is 1.56. The van der Waals surface area contributed by atoms with Gasteiger partial charge in [-0.3, -0.25) is 14.9 Å². The van der Waals surface area contributed by atoms with Gasteiger partial charge >= 0.3 is 5.88 Å². The quantitative estimate of drug-likeness (QED) is 0.662. The monoisotopic (exact) mass is 268 g/mol. The molecule has 2 heterocycles. The zero-order chi connectivity index (χ0) is 14.2. The number of amides is 1. The van der Waals surface area contributed by atoms with Gasteiger partial charge in [-0.2, -0.15) is 0 Å².